The standard InChI is InChI=1S/C18H26N2/c1-5-19-18(14(4)13(2)3)12-15-10-11-20-17-9-7-6-8-16(15)17/h6-11,13-14,18-19H,5,12H2,1-4H3. The molecule has 2 atom stereocenters. The summed E-state index contributed by atoms with van der Waals surface area (Å²) in [6.07, 6.45) is 3.00. The summed E-state index contributed by atoms with van der Waals surface area (Å²) in [5.41, 5.74) is 2.49. The molecule has 1 N–H and O–H groups in total. The molecular weight excluding hydrogens is 244 g/mol. The molecule has 2 nitrogen and oxygen atoms in total. The van der Waals surface area contributed by atoms with Crippen molar-refractivity contribution >= 4 is 10.9 Å². The van der Waals surface area contributed by atoms with E-state index in [9.17, 15) is 0 Å². The van der Waals surface area contributed by atoms with Gasteiger partial charge in [0, 0.05) is 17.6 Å². The van der Waals surface area contributed by atoms with Crippen LogP contribution in [-0.4, -0.2) is 17.6 Å². The van der Waals surface area contributed by atoms with Crippen LogP contribution in [0.2, 0.25) is 0 Å². The number of fused-ring (bicyclic) bond motifs is 1. The number of nitrogens with one attached hydrogen (secondary N) is 1. The van der Waals surface area contributed by atoms with Crippen molar-refractivity contribution in [3.8, 4) is 0 Å². The fourth-order valence-corrected chi connectivity index (χ4v) is 2.74. The summed E-state index contributed by atoms with van der Waals surface area (Å²) in [5.74, 6) is 1.34. The summed E-state index contributed by atoms with van der Waals surface area (Å²) in [6, 6.07) is 11.1. The maximum atomic E-state index is 4.45. The first-order valence-corrected chi connectivity index (χ1v) is 7.69. The number of likely N-dealkylation sites (N-methyl/N-ethyl adjacent to an activating group) is 1. The molecule has 0 aliphatic heterocycles. The van der Waals surface area contributed by atoms with Gasteiger partial charge in [-0.2, -0.15) is 0 Å². The third-order valence-electron chi connectivity index (χ3n) is 4.33. The fourth-order valence-electron chi connectivity index (χ4n) is 2.74. The van der Waals surface area contributed by atoms with E-state index in [1.165, 1.54) is 10.9 Å². The number of benzene rings is 1. The molecule has 2 unspecified atom stereocenters. The molecule has 0 fully saturated rings. The Morgan fingerprint density at radius 1 is 1.10 bits per heavy atom. The van der Waals surface area contributed by atoms with Crippen LogP contribution in [0, 0.1) is 11.8 Å². The van der Waals surface area contributed by atoms with E-state index in [4.69, 9.17) is 0 Å². The van der Waals surface area contributed by atoms with Crippen molar-refractivity contribution in [3.63, 3.8) is 0 Å². The van der Waals surface area contributed by atoms with Crippen molar-refractivity contribution in [1.82, 2.24) is 10.3 Å². The van der Waals surface area contributed by atoms with Gasteiger partial charge < -0.3 is 5.32 Å². The van der Waals surface area contributed by atoms with Crippen LogP contribution in [0.15, 0.2) is 36.5 Å². The number of nitrogens with zero attached hydrogens (tertiary/aromatic N) is 1. The highest BCUT2D eigenvalue weighted by atomic mass is 14.9. The van der Waals surface area contributed by atoms with Crippen LogP contribution in [0.4, 0.5) is 0 Å². The minimum Gasteiger partial charge on any atom is -0.314 e. The molecular formula is C18H26N2. The zero-order chi connectivity index (χ0) is 14.5. The van der Waals surface area contributed by atoms with Gasteiger partial charge in [-0.3, -0.25) is 4.98 Å². The highest BCUT2D eigenvalue weighted by molar-refractivity contribution is 5.81. The Labute approximate surface area is 122 Å². The Balaban J connectivity index is 2.28. The lowest BCUT2D eigenvalue weighted by Gasteiger charge is -2.28. The van der Waals surface area contributed by atoms with E-state index in [2.05, 4.69) is 68.3 Å². The first-order chi connectivity index (χ1) is 9.63. The molecule has 0 amide bonds. The van der Waals surface area contributed by atoms with Crippen LogP contribution in [-0.2, 0) is 6.42 Å². The van der Waals surface area contributed by atoms with Crippen molar-refractivity contribution in [2.45, 2.75) is 40.2 Å². The van der Waals surface area contributed by atoms with Gasteiger partial charge in [-0.1, -0.05) is 45.9 Å². The van der Waals surface area contributed by atoms with Gasteiger partial charge in [0.1, 0.15) is 0 Å². The Hall–Kier alpha value is -1.41. The van der Waals surface area contributed by atoms with Crippen molar-refractivity contribution in [2.75, 3.05) is 6.54 Å². The van der Waals surface area contributed by atoms with E-state index >= 15 is 0 Å². The van der Waals surface area contributed by atoms with E-state index < -0.39 is 0 Å². The Kier molecular flexibility index (Phi) is 5.13. The van der Waals surface area contributed by atoms with E-state index in [-0.39, 0.29) is 0 Å². The molecule has 0 saturated carbocycles. The van der Waals surface area contributed by atoms with Gasteiger partial charge in [0.15, 0.2) is 0 Å². The molecule has 1 aromatic carbocycles. The largest absolute Gasteiger partial charge is 0.314 e. The second-order valence-electron chi connectivity index (χ2n) is 5.96. The lowest BCUT2D eigenvalue weighted by Crippen LogP contribution is -2.39. The number of para-hydroxylation sites is 1. The van der Waals surface area contributed by atoms with E-state index in [0.717, 1.165) is 18.5 Å². The summed E-state index contributed by atoms with van der Waals surface area (Å²) in [7, 11) is 0. The molecule has 2 aromatic rings. The Morgan fingerprint density at radius 2 is 1.85 bits per heavy atom. The molecule has 108 valence electrons. The average Bonchev–Trinajstić information content (AvgIpc) is 2.46. The van der Waals surface area contributed by atoms with E-state index in [1.54, 1.807) is 0 Å². The van der Waals surface area contributed by atoms with Crippen molar-refractivity contribution < 1.29 is 0 Å². The second kappa shape index (κ2) is 6.85. The van der Waals surface area contributed by atoms with E-state index in [0.29, 0.717) is 17.9 Å². The summed E-state index contributed by atoms with van der Waals surface area (Å²) in [5, 5.41) is 4.94. The number of aromatic nitrogens is 1. The van der Waals surface area contributed by atoms with Crippen molar-refractivity contribution in [2.24, 2.45) is 11.8 Å². The quantitative estimate of drug-likeness (QED) is 0.856. The molecule has 0 aliphatic rings. The molecule has 0 saturated heterocycles. The highest BCUT2D eigenvalue weighted by Crippen LogP contribution is 2.22. The van der Waals surface area contributed by atoms with Gasteiger partial charge in [0.05, 0.1) is 5.52 Å². The minimum atomic E-state index is 0.519. The van der Waals surface area contributed by atoms with Crippen LogP contribution in [0.5, 0.6) is 0 Å². The summed E-state index contributed by atoms with van der Waals surface area (Å²) < 4.78 is 0. The molecule has 0 spiro atoms. The number of hydrogen-bond donors (Lipinski definition) is 1. The summed E-state index contributed by atoms with van der Waals surface area (Å²) in [6.45, 7) is 10.2. The zero-order valence-electron chi connectivity index (χ0n) is 13.1. The summed E-state index contributed by atoms with van der Waals surface area (Å²) in [4.78, 5) is 4.45. The zero-order valence-corrected chi connectivity index (χ0v) is 13.1. The van der Waals surface area contributed by atoms with Gasteiger partial charge in [-0.15, -0.1) is 0 Å². The van der Waals surface area contributed by atoms with Gasteiger partial charge in [0.2, 0.25) is 0 Å². The molecule has 1 aromatic heterocycles. The lowest BCUT2D eigenvalue weighted by molar-refractivity contribution is 0.301. The number of hydrogen-bond acceptors (Lipinski definition) is 2. The van der Waals surface area contributed by atoms with Crippen molar-refractivity contribution in [1.29, 1.82) is 0 Å². The van der Waals surface area contributed by atoms with Crippen LogP contribution < -0.4 is 5.32 Å². The monoisotopic (exact) mass is 270 g/mol. The minimum absolute atomic E-state index is 0.519. The smallest absolute Gasteiger partial charge is 0.0704 e. The first-order valence-electron chi connectivity index (χ1n) is 7.69. The molecule has 2 rings (SSSR count). The summed E-state index contributed by atoms with van der Waals surface area (Å²) >= 11 is 0. The highest BCUT2D eigenvalue weighted by Gasteiger charge is 2.20. The van der Waals surface area contributed by atoms with Gasteiger partial charge in [0.25, 0.3) is 0 Å². The van der Waals surface area contributed by atoms with Crippen LogP contribution in [0.1, 0.15) is 33.3 Å². The third kappa shape index (κ3) is 3.37. The third-order valence-corrected chi connectivity index (χ3v) is 4.33. The second-order valence-corrected chi connectivity index (χ2v) is 5.96. The predicted molar refractivity (Wildman–Crippen MR) is 86.9 cm³/mol. The Morgan fingerprint density at radius 3 is 2.55 bits per heavy atom. The topological polar surface area (TPSA) is 24.9 Å². The maximum absolute atomic E-state index is 4.45. The molecule has 1 heterocycles. The fraction of sp³-hybridized carbons (Fsp3) is 0.500. The molecule has 0 radical (unpaired) electrons. The van der Waals surface area contributed by atoms with Gasteiger partial charge in [-0.25, -0.2) is 0 Å². The van der Waals surface area contributed by atoms with Crippen molar-refractivity contribution in [3.05, 3.63) is 42.1 Å². The maximum Gasteiger partial charge on any atom is 0.0704 e. The normalized spacial score (nSPS) is 14.7. The molecule has 20 heavy (non-hydrogen) atoms. The van der Waals surface area contributed by atoms with Gasteiger partial charge in [-0.05, 0) is 42.5 Å². The molecule has 0 bridgehead atoms. The van der Waals surface area contributed by atoms with Crippen LogP contribution >= 0.6 is 0 Å². The predicted octanol–water partition coefficient (Wildman–Crippen LogP) is 4.05. The average molecular weight is 270 g/mol. The first kappa shape index (κ1) is 15.0. The SMILES string of the molecule is CCNC(Cc1ccnc2ccccc12)C(C)C(C)C. The number of rotatable bonds is 6. The lowest BCUT2D eigenvalue weighted by atomic mass is 9.86. The Bertz CT molecular complexity index is 543. The van der Waals surface area contributed by atoms with E-state index in [1.807, 2.05) is 6.20 Å². The van der Waals surface area contributed by atoms with Gasteiger partial charge >= 0.3 is 0 Å². The number of pyridine rings is 1. The van der Waals surface area contributed by atoms with Crippen LogP contribution in [0.25, 0.3) is 10.9 Å². The molecule has 0 aliphatic carbocycles. The molecule has 2 heteroatoms. The van der Waals surface area contributed by atoms with Crippen LogP contribution in [0.3, 0.4) is 0 Å².